The van der Waals surface area contributed by atoms with Gasteiger partial charge >= 0.3 is 0 Å². The second-order valence-corrected chi connectivity index (χ2v) is 5.06. The molecule has 0 bridgehead atoms. The van der Waals surface area contributed by atoms with Crippen LogP contribution < -0.4 is 0 Å². The summed E-state index contributed by atoms with van der Waals surface area (Å²) < 4.78 is 1.79. The van der Waals surface area contributed by atoms with E-state index in [0.29, 0.717) is 5.15 Å². The summed E-state index contributed by atoms with van der Waals surface area (Å²) in [6.07, 6.45) is 5.77. The third-order valence-corrected chi connectivity index (χ3v) is 3.71. The van der Waals surface area contributed by atoms with Gasteiger partial charge in [-0.1, -0.05) is 37.8 Å². The minimum atomic E-state index is 0.537. The fourth-order valence-electron chi connectivity index (χ4n) is 2.00. The predicted octanol–water partition coefficient (Wildman–Crippen LogP) is 3.52. The summed E-state index contributed by atoms with van der Waals surface area (Å²) in [5.41, 5.74) is 2.86. The number of aromatic nitrogens is 4. The minimum absolute atomic E-state index is 0.537. The lowest BCUT2D eigenvalue weighted by atomic mass is 10.1. The third-order valence-electron chi connectivity index (χ3n) is 3.35. The van der Waals surface area contributed by atoms with Crippen molar-refractivity contribution in [3.8, 4) is 0 Å². The van der Waals surface area contributed by atoms with E-state index in [1.54, 1.807) is 4.52 Å². The summed E-state index contributed by atoms with van der Waals surface area (Å²) >= 11 is 6.12. The number of fused-ring (bicyclic) bond motifs is 1. The normalized spacial score (nSPS) is 11.3. The lowest BCUT2D eigenvalue weighted by Crippen LogP contribution is -2.02. The Morgan fingerprint density at radius 3 is 2.56 bits per heavy atom. The fraction of sp³-hybridized carbons (Fsp3) is 0.615. The van der Waals surface area contributed by atoms with Crippen LogP contribution in [0.3, 0.4) is 0 Å². The van der Waals surface area contributed by atoms with Gasteiger partial charge < -0.3 is 0 Å². The van der Waals surface area contributed by atoms with Crippen molar-refractivity contribution >= 4 is 17.2 Å². The molecule has 2 aromatic heterocycles. The quantitative estimate of drug-likeness (QED) is 0.778. The number of aryl methyl sites for hydroxylation is 2. The van der Waals surface area contributed by atoms with Crippen LogP contribution in [-0.2, 0) is 6.42 Å². The Balaban J connectivity index is 2.25. The Morgan fingerprint density at radius 1 is 1.06 bits per heavy atom. The monoisotopic (exact) mass is 266 g/mol. The molecule has 0 aliphatic carbocycles. The van der Waals surface area contributed by atoms with E-state index in [4.69, 9.17) is 11.6 Å². The first kappa shape index (κ1) is 13.3. The number of rotatable bonds is 5. The Kier molecular flexibility index (Phi) is 4.17. The summed E-state index contributed by atoms with van der Waals surface area (Å²) in [5, 5.41) is 13.3. The van der Waals surface area contributed by atoms with Gasteiger partial charge in [0.1, 0.15) is 0 Å². The van der Waals surface area contributed by atoms with E-state index in [1.165, 1.54) is 19.3 Å². The summed E-state index contributed by atoms with van der Waals surface area (Å²) in [6.45, 7) is 6.17. The summed E-state index contributed by atoms with van der Waals surface area (Å²) in [4.78, 5) is 0. The van der Waals surface area contributed by atoms with E-state index in [9.17, 15) is 0 Å². The zero-order valence-electron chi connectivity index (χ0n) is 11.2. The van der Waals surface area contributed by atoms with E-state index < -0.39 is 0 Å². The van der Waals surface area contributed by atoms with Gasteiger partial charge in [0.25, 0.3) is 0 Å². The van der Waals surface area contributed by atoms with Crippen LogP contribution in [0.25, 0.3) is 5.65 Å². The van der Waals surface area contributed by atoms with Gasteiger partial charge in [-0.25, -0.2) is 0 Å². The molecule has 0 amide bonds. The SMILES string of the molecule is CCCCCCc1nnc2c(C)c(C)c(Cl)nn12. The van der Waals surface area contributed by atoms with E-state index in [2.05, 4.69) is 22.2 Å². The minimum Gasteiger partial charge on any atom is -0.196 e. The standard InChI is InChI=1S/C13H19ClN4/c1-4-5-6-7-8-11-15-16-13-10(3)9(2)12(14)17-18(11)13/h4-8H2,1-3H3. The highest BCUT2D eigenvalue weighted by atomic mass is 35.5. The molecular weight excluding hydrogens is 248 g/mol. The average Bonchev–Trinajstić information content (AvgIpc) is 2.75. The predicted molar refractivity (Wildman–Crippen MR) is 73.1 cm³/mol. The number of hydrogen-bond acceptors (Lipinski definition) is 3. The molecule has 98 valence electrons. The highest BCUT2D eigenvalue weighted by Crippen LogP contribution is 2.20. The molecule has 2 rings (SSSR count). The van der Waals surface area contributed by atoms with Crippen LogP contribution in [-0.4, -0.2) is 19.8 Å². The smallest absolute Gasteiger partial charge is 0.181 e. The van der Waals surface area contributed by atoms with Crippen LogP contribution in [0.4, 0.5) is 0 Å². The zero-order valence-corrected chi connectivity index (χ0v) is 12.0. The van der Waals surface area contributed by atoms with Crippen molar-refractivity contribution in [1.29, 1.82) is 0 Å². The zero-order chi connectivity index (χ0) is 13.1. The van der Waals surface area contributed by atoms with Crippen molar-refractivity contribution in [2.45, 2.75) is 52.9 Å². The molecule has 0 saturated carbocycles. The van der Waals surface area contributed by atoms with Gasteiger partial charge in [-0.15, -0.1) is 10.2 Å². The molecule has 0 radical (unpaired) electrons. The molecule has 0 N–H and O–H groups in total. The molecule has 0 fully saturated rings. The number of nitrogens with zero attached hydrogens (tertiary/aromatic N) is 4. The van der Waals surface area contributed by atoms with Crippen LogP contribution in [0, 0.1) is 13.8 Å². The molecule has 0 aromatic carbocycles. The summed E-state index contributed by atoms with van der Waals surface area (Å²) in [6, 6.07) is 0. The maximum Gasteiger partial charge on any atom is 0.181 e. The van der Waals surface area contributed by atoms with Crippen molar-refractivity contribution in [3.05, 3.63) is 22.1 Å². The third kappa shape index (κ3) is 2.48. The van der Waals surface area contributed by atoms with Crippen LogP contribution in [0.2, 0.25) is 5.15 Å². The van der Waals surface area contributed by atoms with Crippen LogP contribution in [0.15, 0.2) is 0 Å². The average molecular weight is 267 g/mol. The molecule has 0 atom stereocenters. The van der Waals surface area contributed by atoms with Crippen molar-refractivity contribution in [2.24, 2.45) is 0 Å². The first-order chi connectivity index (χ1) is 8.65. The summed E-state index contributed by atoms with van der Waals surface area (Å²) in [5.74, 6) is 0.908. The van der Waals surface area contributed by atoms with E-state index >= 15 is 0 Å². The second-order valence-electron chi connectivity index (χ2n) is 4.70. The number of halogens is 1. The molecule has 0 spiro atoms. The van der Waals surface area contributed by atoms with E-state index in [0.717, 1.165) is 35.4 Å². The van der Waals surface area contributed by atoms with Gasteiger partial charge in [-0.3, -0.25) is 0 Å². The molecule has 0 unspecified atom stereocenters. The molecule has 5 heteroatoms. The lowest BCUT2D eigenvalue weighted by molar-refractivity contribution is 0.641. The van der Waals surface area contributed by atoms with Gasteiger partial charge in [0.2, 0.25) is 0 Å². The highest BCUT2D eigenvalue weighted by molar-refractivity contribution is 6.30. The lowest BCUT2D eigenvalue weighted by Gasteiger charge is -2.04. The van der Waals surface area contributed by atoms with E-state index in [1.807, 2.05) is 13.8 Å². The van der Waals surface area contributed by atoms with Crippen LogP contribution >= 0.6 is 11.6 Å². The van der Waals surface area contributed by atoms with Crippen molar-refractivity contribution < 1.29 is 0 Å². The first-order valence-electron chi connectivity index (χ1n) is 6.52. The molecule has 2 aromatic rings. The van der Waals surface area contributed by atoms with Gasteiger partial charge in [0.05, 0.1) is 0 Å². The Hall–Kier alpha value is -1.16. The second kappa shape index (κ2) is 5.65. The molecule has 18 heavy (non-hydrogen) atoms. The summed E-state index contributed by atoms with van der Waals surface area (Å²) in [7, 11) is 0. The van der Waals surface area contributed by atoms with Gasteiger partial charge in [-0.2, -0.15) is 9.61 Å². The van der Waals surface area contributed by atoms with Gasteiger partial charge in [0.15, 0.2) is 16.6 Å². The highest BCUT2D eigenvalue weighted by Gasteiger charge is 2.12. The fourth-order valence-corrected chi connectivity index (χ4v) is 2.22. The molecule has 0 aliphatic rings. The molecule has 4 nitrogen and oxygen atoms in total. The van der Waals surface area contributed by atoms with Gasteiger partial charge in [-0.05, 0) is 25.8 Å². The Morgan fingerprint density at radius 2 is 1.83 bits per heavy atom. The largest absolute Gasteiger partial charge is 0.196 e. The topological polar surface area (TPSA) is 43.1 Å². The molecular formula is C13H19ClN4. The Bertz CT molecular complexity index is 547. The van der Waals surface area contributed by atoms with Crippen molar-refractivity contribution in [1.82, 2.24) is 19.8 Å². The maximum absolute atomic E-state index is 6.12. The number of unbranched alkanes of at least 4 members (excludes halogenated alkanes) is 3. The van der Waals surface area contributed by atoms with Crippen LogP contribution in [0.5, 0.6) is 0 Å². The van der Waals surface area contributed by atoms with Crippen molar-refractivity contribution in [3.63, 3.8) is 0 Å². The molecule has 2 heterocycles. The molecule has 0 saturated heterocycles. The Labute approximate surface area is 112 Å². The maximum atomic E-state index is 6.12. The van der Waals surface area contributed by atoms with Gasteiger partial charge in [0, 0.05) is 12.0 Å². The van der Waals surface area contributed by atoms with Crippen LogP contribution in [0.1, 0.15) is 49.6 Å². The van der Waals surface area contributed by atoms with Crippen molar-refractivity contribution in [2.75, 3.05) is 0 Å². The molecule has 0 aliphatic heterocycles. The first-order valence-corrected chi connectivity index (χ1v) is 6.90. The number of hydrogen-bond donors (Lipinski definition) is 0. The van der Waals surface area contributed by atoms with E-state index in [-0.39, 0.29) is 0 Å².